The largest absolute Gasteiger partial charge is 0.346 e. The molecule has 55 heavy (non-hydrogen) atoms. The van der Waals surface area contributed by atoms with E-state index in [1.807, 2.05) is 141 Å². The van der Waals surface area contributed by atoms with E-state index in [4.69, 9.17) is 0 Å². The molecule has 8 nitrogen and oxygen atoms in total. The van der Waals surface area contributed by atoms with Crippen LogP contribution < -0.4 is 27.1 Å². The third-order valence-corrected chi connectivity index (χ3v) is 13.3. The van der Waals surface area contributed by atoms with Gasteiger partial charge in [-0.1, -0.05) is 140 Å². The van der Waals surface area contributed by atoms with Gasteiger partial charge in [0.2, 0.25) is 0 Å². The van der Waals surface area contributed by atoms with E-state index in [-0.39, 0.29) is 35.0 Å². The standard InChI is InChI=1S/C46H39N4O4P/c1-30(32-18-6-3-7-19-32)47-41(51)35-24-12-16-28-39(35)45-49-43(53)37-26-14-15-27-38(37)44(54)50(49)46(55(45)34-22-10-5-11-23-34)40-29-17-13-25-36(40)42(52)48-31(2)33-20-8-4-9-21-33/h3-31,45-46H,1-2H3,(H,47,51)(H,48,52)/t30-,31?,45-,46-,55?/m0/s1. The Balaban J connectivity index is 1.35. The van der Waals surface area contributed by atoms with Crippen LogP contribution in [0.25, 0.3) is 10.8 Å². The molecule has 6 aromatic carbocycles. The fourth-order valence-electron chi connectivity index (χ4n) is 7.63. The molecule has 2 amide bonds. The number of aromatic nitrogens is 2. The molecule has 7 aromatic rings. The lowest BCUT2D eigenvalue weighted by Gasteiger charge is -2.28. The van der Waals surface area contributed by atoms with Crippen LogP contribution in [0.4, 0.5) is 0 Å². The van der Waals surface area contributed by atoms with E-state index < -0.39 is 19.5 Å². The zero-order valence-electron chi connectivity index (χ0n) is 30.4. The van der Waals surface area contributed by atoms with Crippen molar-refractivity contribution in [2.24, 2.45) is 0 Å². The van der Waals surface area contributed by atoms with Gasteiger partial charge in [-0.2, -0.15) is 0 Å². The maximum atomic E-state index is 14.9. The van der Waals surface area contributed by atoms with Crippen LogP contribution in [-0.4, -0.2) is 21.2 Å². The van der Waals surface area contributed by atoms with Crippen LogP contribution in [0.15, 0.2) is 173 Å². The summed E-state index contributed by atoms with van der Waals surface area (Å²) in [5.41, 5.74) is 3.25. The highest BCUT2D eigenvalue weighted by Gasteiger charge is 2.47. The Kier molecular flexibility index (Phi) is 9.83. The number of fused-ring (bicyclic) bond motifs is 2. The summed E-state index contributed by atoms with van der Waals surface area (Å²) in [4.78, 5) is 58.5. The average Bonchev–Trinajstić information content (AvgIpc) is 3.60. The van der Waals surface area contributed by atoms with E-state index in [2.05, 4.69) is 10.6 Å². The second-order valence-corrected chi connectivity index (χ2v) is 16.0. The van der Waals surface area contributed by atoms with Crippen molar-refractivity contribution in [3.63, 3.8) is 0 Å². The Morgan fingerprint density at radius 2 is 0.836 bits per heavy atom. The molecule has 0 radical (unpaired) electrons. The summed E-state index contributed by atoms with van der Waals surface area (Å²) >= 11 is 0. The third kappa shape index (κ3) is 6.59. The molecular weight excluding hydrogens is 704 g/mol. The van der Waals surface area contributed by atoms with E-state index in [1.165, 1.54) is 0 Å². The fraction of sp³-hybridized carbons (Fsp3) is 0.130. The van der Waals surface area contributed by atoms with Crippen LogP contribution in [0.1, 0.15) is 80.5 Å². The van der Waals surface area contributed by atoms with Gasteiger partial charge < -0.3 is 10.6 Å². The minimum atomic E-state index is -1.59. The van der Waals surface area contributed by atoms with Crippen molar-refractivity contribution in [2.75, 3.05) is 0 Å². The molecule has 8 rings (SSSR count). The number of rotatable bonds is 9. The molecular formula is C46H39N4O4P. The lowest BCUT2D eigenvalue weighted by molar-refractivity contribution is 0.0930. The smallest absolute Gasteiger partial charge is 0.274 e. The fourth-order valence-corrected chi connectivity index (χ4v) is 10.9. The summed E-state index contributed by atoms with van der Waals surface area (Å²) < 4.78 is 3.12. The van der Waals surface area contributed by atoms with Gasteiger partial charge in [0, 0.05) is 11.1 Å². The molecule has 2 heterocycles. The lowest BCUT2D eigenvalue weighted by atomic mass is 10.0. The third-order valence-electron chi connectivity index (χ3n) is 10.3. The van der Waals surface area contributed by atoms with Crippen molar-refractivity contribution in [2.45, 2.75) is 37.5 Å². The van der Waals surface area contributed by atoms with Gasteiger partial charge in [-0.3, -0.25) is 19.2 Å². The molecule has 9 heteroatoms. The summed E-state index contributed by atoms with van der Waals surface area (Å²) in [6.45, 7) is 3.87. The molecule has 5 atom stereocenters. The second kappa shape index (κ2) is 15.2. The van der Waals surface area contributed by atoms with Crippen molar-refractivity contribution >= 4 is 35.8 Å². The lowest BCUT2D eigenvalue weighted by Crippen LogP contribution is -2.38. The Morgan fingerprint density at radius 1 is 0.491 bits per heavy atom. The summed E-state index contributed by atoms with van der Waals surface area (Å²) in [7, 11) is -1.59. The monoisotopic (exact) mass is 742 g/mol. The summed E-state index contributed by atoms with van der Waals surface area (Å²) in [6, 6.07) is 50.2. The molecule has 2 N–H and O–H groups in total. The molecule has 1 aromatic heterocycles. The van der Waals surface area contributed by atoms with Crippen molar-refractivity contribution in [3.05, 3.63) is 218 Å². The van der Waals surface area contributed by atoms with Crippen LogP contribution in [-0.2, 0) is 0 Å². The van der Waals surface area contributed by atoms with Crippen LogP contribution in [0.3, 0.4) is 0 Å². The predicted molar refractivity (Wildman–Crippen MR) is 219 cm³/mol. The minimum Gasteiger partial charge on any atom is -0.346 e. The van der Waals surface area contributed by atoms with Gasteiger partial charge in [-0.25, -0.2) is 9.36 Å². The number of amides is 2. The molecule has 0 spiro atoms. The molecule has 0 saturated heterocycles. The maximum Gasteiger partial charge on any atom is 0.274 e. The molecule has 0 bridgehead atoms. The van der Waals surface area contributed by atoms with Crippen LogP contribution in [0.5, 0.6) is 0 Å². The number of carbonyl (C=O) groups is 2. The average molecular weight is 743 g/mol. The van der Waals surface area contributed by atoms with E-state index in [1.54, 1.807) is 45.8 Å². The SMILES string of the molecule is CC(NC(=O)c1ccccc1[C@H]1n2c(=O)c3ccccc3c(=O)n2[C@H](c2ccccc2C(=O)N[C@@H](C)c2ccccc2)P1c1ccccc1)c1ccccc1. The normalized spacial score (nSPS) is 17.2. The minimum absolute atomic E-state index is 0.291. The first-order valence-electron chi connectivity index (χ1n) is 18.3. The highest BCUT2D eigenvalue weighted by molar-refractivity contribution is 7.66. The zero-order valence-corrected chi connectivity index (χ0v) is 31.3. The van der Waals surface area contributed by atoms with E-state index >= 15 is 0 Å². The van der Waals surface area contributed by atoms with Crippen LogP contribution in [0.2, 0.25) is 0 Å². The van der Waals surface area contributed by atoms with Gasteiger partial charge in [0.15, 0.2) is 0 Å². The number of carbonyl (C=O) groups excluding carboxylic acids is 2. The Morgan fingerprint density at radius 3 is 1.25 bits per heavy atom. The molecule has 1 aliphatic heterocycles. The van der Waals surface area contributed by atoms with Crippen LogP contribution >= 0.6 is 7.92 Å². The number of hydrogen-bond acceptors (Lipinski definition) is 4. The molecule has 1 aliphatic rings. The number of benzene rings is 6. The molecule has 0 aliphatic carbocycles. The molecule has 0 saturated carbocycles. The maximum absolute atomic E-state index is 14.9. The highest BCUT2D eigenvalue weighted by Crippen LogP contribution is 2.65. The van der Waals surface area contributed by atoms with E-state index in [0.717, 1.165) is 16.4 Å². The molecule has 0 fully saturated rings. The predicted octanol–water partition coefficient (Wildman–Crippen LogP) is 8.06. The van der Waals surface area contributed by atoms with Gasteiger partial charge in [0.1, 0.15) is 11.6 Å². The number of hydrogen-bond donors (Lipinski definition) is 2. The Labute approximate surface area is 319 Å². The van der Waals surface area contributed by atoms with Crippen molar-refractivity contribution < 1.29 is 9.59 Å². The van der Waals surface area contributed by atoms with Gasteiger partial charge in [-0.15, -0.1) is 0 Å². The topological polar surface area (TPSA) is 102 Å². The first-order valence-corrected chi connectivity index (χ1v) is 19.8. The highest BCUT2D eigenvalue weighted by atomic mass is 31.1. The summed E-state index contributed by atoms with van der Waals surface area (Å²) in [5.74, 6) is -2.09. The molecule has 272 valence electrons. The van der Waals surface area contributed by atoms with Gasteiger partial charge in [0.05, 0.1) is 22.9 Å². The first-order chi connectivity index (χ1) is 26.8. The van der Waals surface area contributed by atoms with Crippen molar-refractivity contribution in [1.82, 2.24) is 20.0 Å². The van der Waals surface area contributed by atoms with Gasteiger partial charge in [0.25, 0.3) is 22.9 Å². The Bertz CT molecular complexity index is 2480. The van der Waals surface area contributed by atoms with Crippen molar-refractivity contribution in [1.29, 1.82) is 0 Å². The van der Waals surface area contributed by atoms with Crippen molar-refractivity contribution in [3.8, 4) is 0 Å². The van der Waals surface area contributed by atoms with Gasteiger partial charge in [-0.05, 0) is 73.6 Å². The van der Waals surface area contributed by atoms with Crippen LogP contribution in [0, 0.1) is 0 Å². The second-order valence-electron chi connectivity index (χ2n) is 13.7. The number of nitrogens with one attached hydrogen (secondary N) is 2. The Hall–Kier alpha value is -6.37. The van der Waals surface area contributed by atoms with Gasteiger partial charge >= 0.3 is 0 Å². The zero-order chi connectivity index (χ0) is 38.1. The molecule has 2 unspecified atom stereocenters. The van der Waals surface area contributed by atoms with E-state index in [0.29, 0.717) is 33.0 Å². The number of nitrogens with zero attached hydrogens (tertiary/aromatic N) is 2. The summed E-state index contributed by atoms with van der Waals surface area (Å²) in [5, 5.41) is 7.83. The first kappa shape index (κ1) is 35.6. The quantitative estimate of drug-likeness (QED) is 0.146. The summed E-state index contributed by atoms with van der Waals surface area (Å²) in [6.07, 6.45) is 0. The van der Waals surface area contributed by atoms with E-state index in [9.17, 15) is 19.2 Å².